The highest BCUT2D eigenvalue weighted by Gasteiger charge is 2.62. The van der Waals surface area contributed by atoms with Crippen LogP contribution in [0, 0.1) is 5.41 Å². The maximum absolute atomic E-state index is 13.2. The first-order valence-electron chi connectivity index (χ1n) is 10.2. The van der Waals surface area contributed by atoms with E-state index in [-0.39, 0.29) is 18.0 Å². The number of aromatic amines is 1. The van der Waals surface area contributed by atoms with Gasteiger partial charge in [0.2, 0.25) is 11.8 Å². The van der Waals surface area contributed by atoms with E-state index in [9.17, 15) is 19.2 Å². The van der Waals surface area contributed by atoms with Crippen LogP contribution in [0.2, 0.25) is 0 Å². The number of aromatic nitrogens is 1. The molecular weight excluding hydrogens is 400 g/mol. The van der Waals surface area contributed by atoms with Crippen LogP contribution < -0.4 is 21.0 Å². The lowest BCUT2D eigenvalue weighted by atomic mass is 9.66. The molecule has 0 saturated carbocycles. The number of imide groups is 2. The topological polar surface area (TPSA) is 121 Å². The number of benzene rings is 1. The Morgan fingerprint density at radius 3 is 2.52 bits per heavy atom. The summed E-state index contributed by atoms with van der Waals surface area (Å²) in [7, 11) is 0. The van der Waals surface area contributed by atoms with Crippen LogP contribution in [0.3, 0.4) is 0 Å². The number of pyridine rings is 1. The molecule has 2 saturated heterocycles. The molecule has 160 valence electrons. The molecule has 2 aromatic rings. The summed E-state index contributed by atoms with van der Waals surface area (Å²) in [6.45, 7) is 4.27. The third-order valence-electron chi connectivity index (χ3n) is 6.44. The number of hydrogen-bond donors (Lipinski definition) is 3. The minimum atomic E-state index is -1.53. The van der Waals surface area contributed by atoms with E-state index in [1.54, 1.807) is 12.4 Å². The Kier molecular flexibility index (Phi) is 4.26. The number of fused-ring (bicyclic) bond motifs is 4. The van der Waals surface area contributed by atoms with E-state index in [2.05, 4.69) is 15.6 Å². The van der Waals surface area contributed by atoms with Gasteiger partial charge in [0.05, 0.1) is 18.2 Å². The second kappa shape index (κ2) is 6.78. The van der Waals surface area contributed by atoms with E-state index in [4.69, 9.17) is 4.74 Å². The molecule has 9 heteroatoms. The SMILES string of the molecule is C[C@@H]1CN2c3ccc(-c4c[nH]ccc4=O)cc3CC3(C(=O)NC(=O)NC3=O)[C@H]2[C@H](C)O1. The number of barbiturate groups is 1. The van der Waals surface area contributed by atoms with Crippen molar-refractivity contribution in [2.45, 2.75) is 38.5 Å². The summed E-state index contributed by atoms with van der Waals surface area (Å²) in [5, 5.41) is 4.55. The van der Waals surface area contributed by atoms with Gasteiger partial charge in [-0.05, 0) is 43.5 Å². The Bertz CT molecular complexity index is 1150. The molecule has 4 amide bonds. The van der Waals surface area contributed by atoms with Gasteiger partial charge in [0.15, 0.2) is 10.8 Å². The fraction of sp³-hybridized carbons (Fsp3) is 0.364. The van der Waals surface area contributed by atoms with Crippen molar-refractivity contribution in [3.05, 3.63) is 52.4 Å². The van der Waals surface area contributed by atoms with Crippen molar-refractivity contribution in [1.82, 2.24) is 15.6 Å². The van der Waals surface area contributed by atoms with Gasteiger partial charge < -0.3 is 14.6 Å². The number of amides is 4. The Labute approximate surface area is 177 Å². The number of anilines is 1. The first kappa shape index (κ1) is 19.5. The standard InChI is InChI=1S/C22H22N4O5/c1-11-10-26-16-4-3-13(15-9-23-6-5-17(15)27)7-14(16)8-22(18(26)12(2)31-11)19(28)24-21(30)25-20(22)29/h3-7,9,11-12,18H,8,10H2,1-2H3,(H,23,27)(H2,24,25,28,29,30)/t11-,12+,18-/m1/s1. The lowest BCUT2D eigenvalue weighted by molar-refractivity contribution is -0.153. The monoisotopic (exact) mass is 422 g/mol. The summed E-state index contributed by atoms with van der Waals surface area (Å²) in [6.07, 6.45) is 2.76. The number of morpholine rings is 1. The molecule has 0 bridgehead atoms. The third-order valence-corrected chi connectivity index (χ3v) is 6.44. The van der Waals surface area contributed by atoms with Gasteiger partial charge in [-0.2, -0.15) is 0 Å². The molecule has 1 spiro atoms. The zero-order chi connectivity index (χ0) is 21.9. The van der Waals surface area contributed by atoms with Crippen LogP contribution in [0.15, 0.2) is 41.5 Å². The number of rotatable bonds is 1. The highest BCUT2D eigenvalue weighted by molar-refractivity contribution is 6.20. The fourth-order valence-electron chi connectivity index (χ4n) is 5.26. The zero-order valence-electron chi connectivity index (χ0n) is 17.1. The highest BCUT2D eigenvalue weighted by Crippen LogP contribution is 2.47. The fourth-order valence-corrected chi connectivity index (χ4v) is 5.26. The largest absolute Gasteiger partial charge is 0.372 e. The van der Waals surface area contributed by atoms with Gasteiger partial charge in [-0.25, -0.2) is 4.79 Å². The Morgan fingerprint density at radius 1 is 1.06 bits per heavy atom. The lowest BCUT2D eigenvalue weighted by Gasteiger charge is -2.55. The molecule has 9 nitrogen and oxygen atoms in total. The minimum Gasteiger partial charge on any atom is -0.372 e. The molecule has 3 N–H and O–H groups in total. The van der Waals surface area contributed by atoms with Crippen LogP contribution in [0.25, 0.3) is 11.1 Å². The molecular formula is C22H22N4O5. The average Bonchev–Trinajstić information content (AvgIpc) is 2.71. The summed E-state index contributed by atoms with van der Waals surface area (Å²) in [4.78, 5) is 55.4. The smallest absolute Gasteiger partial charge is 0.328 e. The molecule has 4 heterocycles. The van der Waals surface area contributed by atoms with Crippen molar-refractivity contribution in [3.8, 4) is 11.1 Å². The quantitative estimate of drug-likeness (QED) is 0.588. The summed E-state index contributed by atoms with van der Waals surface area (Å²) in [5.41, 5.74) is 1.19. The molecule has 1 aromatic heterocycles. The van der Waals surface area contributed by atoms with Gasteiger partial charge in [-0.15, -0.1) is 0 Å². The molecule has 0 radical (unpaired) electrons. The molecule has 0 aliphatic carbocycles. The molecule has 31 heavy (non-hydrogen) atoms. The van der Waals surface area contributed by atoms with Crippen molar-refractivity contribution in [1.29, 1.82) is 0 Å². The van der Waals surface area contributed by atoms with Crippen LogP contribution in [0.5, 0.6) is 0 Å². The van der Waals surface area contributed by atoms with E-state index >= 15 is 0 Å². The van der Waals surface area contributed by atoms with Crippen LogP contribution in [-0.2, 0) is 20.7 Å². The number of H-pyrrole nitrogens is 1. The normalized spacial score (nSPS) is 26.7. The second-order valence-corrected chi connectivity index (χ2v) is 8.40. The van der Waals surface area contributed by atoms with Crippen molar-refractivity contribution >= 4 is 23.5 Å². The highest BCUT2D eigenvalue weighted by atomic mass is 16.5. The van der Waals surface area contributed by atoms with Gasteiger partial charge in [0.25, 0.3) is 0 Å². The van der Waals surface area contributed by atoms with E-state index < -0.39 is 35.4 Å². The van der Waals surface area contributed by atoms with Crippen molar-refractivity contribution in [2.24, 2.45) is 5.41 Å². The van der Waals surface area contributed by atoms with Crippen LogP contribution in [0.4, 0.5) is 10.5 Å². The molecule has 1 aromatic carbocycles. The molecule has 5 rings (SSSR count). The molecule has 3 aliphatic heterocycles. The summed E-state index contributed by atoms with van der Waals surface area (Å²) < 4.78 is 6.00. The summed E-state index contributed by atoms with van der Waals surface area (Å²) >= 11 is 0. The van der Waals surface area contributed by atoms with Gasteiger partial charge in [-0.3, -0.25) is 25.0 Å². The number of urea groups is 1. The number of carbonyl (C=O) groups is 3. The van der Waals surface area contributed by atoms with E-state index in [1.165, 1.54) is 6.07 Å². The Balaban J connectivity index is 1.70. The van der Waals surface area contributed by atoms with Crippen molar-refractivity contribution < 1.29 is 19.1 Å². The number of nitrogens with one attached hydrogen (secondary N) is 3. The van der Waals surface area contributed by atoms with Crippen molar-refractivity contribution in [2.75, 3.05) is 11.4 Å². The minimum absolute atomic E-state index is 0.0924. The van der Waals surface area contributed by atoms with Crippen LogP contribution in [0.1, 0.15) is 19.4 Å². The number of carbonyl (C=O) groups excluding carboxylic acids is 3. The molecule has 3 atom stereocenters. The van der Waals surface area contributed by atoms with Crippen LogP contribution >= 0.6 is 0 Å². The van der Waals surface area contributed by atoms with Gasteiger partial charge in [-0.1, -0.05) is 6.07 Å². The zero-order valence-corrected chi connectivity index (χ0v) is 17.1. The van der Waals surface area contributed by atoms with Gasteiger partial charge in [0.1, 0.15) is 0 Å². The van der Waals surface area contributed by atoms with Crippen LogP contribution in [-0.4, -0.2) is 47.6 Å². The summed E-state index contributed by atoms with van der Waals surface area (Å²) in [5.74, 6) is -1.26. The van der Waals surface area contributed by atoms with Gasteiger partial charge >= 0.3 is 6.03 Å². The predicted octanol–water partition coefficient (Wildman–Crippen LogP) is 0.933. The summed E-state index contributed by atoms with van der Waals surface area (Å²) in [6, 6.07) is 5.69. The Morgan fingerprint density at radius 2 is 1.81 bits per heavy atom. The first-order chi connectivity index (χ1) is 14.8. The molecule has 2 fully saturated rings. The van der Waals surface area contributed by atoms with E-state index in [0.717, 1.165) is 11.3 Å². The first-order valence-corrected chi connectivity index (χ1v) is 10.2. The maximum atomic E-state index is 13.2. The average molecular weight is 422 g/mol. The maximum Gasteiger partial charge on any atom is 0.328 e. The Hall–Kier alpha value is -3.46. The molecule has 3 aliphatic rings. The van der Waals surface area contributed by atoms with Crippen molar-refractivity contribution in [3.63, 3.8) is 0 Å². The van der Waals surface area contributed by atoms with E-state index in [1.807, 2.05) is 36.9 Å². The lowest BCUT2D eigenvalue weighted by Crippen LogP contribution is -2.75. The predicted molar refractivity (Wildman–Crippen MR) is 111 cm³/mol. The van der Waals surface area contributed by atoms with E-state index in [0.29, 0.717) is 17.7 Å². The number of nitrogens with zero attached hydrogens (tertiary/aromatic N) is 1. The van der Waals surface area contributed by atoms with Gasteiger partial charge in [0, 0.05) is 36.3 Å². The molecule has 0 unspecified atom stereocenters. The number of hydrogen-bond acceptors (Lipinski definition) is 6. The number of ether oxygens (including phenoxy) is 1. The second-order valence-electron chi connectivity index (χ2n) is 8.40. The third kappa shape index (κ3) is 2.80.